The van der Waals surface area contributed by atoms with Gasteiger partial charge in [0.1, 0.15) is 21.7 Å². The zero-order chi connectivity index (χ0) is 20.5. The van der Waals surface area contributed by atoms with Crippen LogP contribution in [0.3, 0.4) is 0 Å². The molecule has 0 saturated carbocycles. The van der Waals surface area contributed by atoms with Gasteiger partial charge in [-0.25, -0.2) is 12.8 Å². The number of amides is 2. The lowest BCUT2D eigenvalue weighted by Gasteiger charge is -2.27. The Morgan fingerprint density at radius 1 is 1.25 bits per heavy atom. The van der Waals surface area contributed by atoms with E-state index < -0.39 is 27.6 Å². The van der Waals surface area contributed by atoms with Crippen molar-refractivity contribution >= 4 is 27.3 Å². The molecule has 3 rings (SSSR count). The molecule has 1 unspecified atom stereocenters. The highest BCUT2D eigenvalue weighted by atomic mass is 32.2. The number of halogens is 1. The van der Waals surface area contributed by atoms with Crippen LogP contribution in [-0.4, -0.2) is 43.2 Å². The summed E-state index contributed by atoms with van der Waals surface area (Å²) >= 11 is 0. The molecule has 6 nitrogen and oxygen atoms in total. The maximum Gasteiger partial charge on any atom is 0.255 e. The Morgan fingerprint density at radius 3 is 2.61 bits per heavy atom. The lowest BCUT2D eigenvalue weighted by atomic mass is 10.1. The summed E-state index contributed by atoms with van der Waals surface area (Å²) in [4.78, 5) is 27.0. The van der Waals surface area contributed by atoms with Gasteiger partial charge in [-0.05, 0) is 42.7 Å². The van der Waals surface area contributed by atoms with Crippen molar-refractivity contribution in [2.24, 2.45) is 0 Å². The minimum atomic E-state index is -3.33. The third-order valence-electron chi connectivity index (χ3n) is 4.73. The molecule has 2 amide bonds. The van der Waals surface area contributed by atoms with Crippen LogP contribution in [-0.2, 0) is 21.2 Å². The molecule has 0 saturated heterocycles. The Bertz CT molecular complexity index is 1040. The molecule has 1 atom stereocenters. The number of rotatable bonds is 6. The monoisotopic (exact) mass is 404 g/mol. The topological polar surface area (TPSA) is 83.6 Å². The summed E-state index contributed by atoms with van der Waals surface area (Å²) in [6.45, 7) is 1.83. The number of sulfone groups is 1. The predicted octanol–water partition coefficient (Wildman–Crippen LogP) is 2.53. The Hall–Kier alpha value is -2.74. The first kappa shape index (κ1) is 20.0. The third kappa shape index (κ3) is 4.39. The molecule has 2 aromatic carbocycles. The molecular weight excluding hydrogens is 383 g/mol. The Balaban J connectivity index is 1.85. The first-order valence-electron chi connectivity index (χ1n) is 8.79. The van der Waals surface area contributed by atoms with E-state index in [2.05, 4.69) is 5.32 Å². The number of hydrogen-bond donors (Lipinski definition) is 1. The van der Waals surface area contributed by atoms with Crippen LogP contribution in [0.25, 0.3) is 0 Å². The second-order valence-electron chi connectivity index (χ2n) is 6.98. The number of hydrogen-bond acceptors (Lipinski definition) is 4. The van der Waals surface area contributed by atoms with Crippen LogP contribution in [0, 0.1) is 12.7 Å². The summed E-state index contributed by atoms with van der Waals surface area (Å²) in [5, 5.41) is 2.60. The molecule has 8 heteroatoms. The number of carbonyl (C=O) groups excluding carboxylic acids is 2. The predicted molar refractivity (Wildman–Crippen MR) is 104 cm³/mol. The summed E-state index contributed by atoms with van der Waals surface area (Å²) in [6.07, 6.45) is 1.04. The van der Waals surface area contributed by atoms with Gasteiger partial charge in [0.25, 0.3) is 5.91 Å². The second kappa shape index (κ2) is 7.71. The van der Waals surface area contributed by atoms with Gasteiger partial charge in [0.2, 0.25) is 5.91 Å². The summed E-state index contributed by atoms with van der Waals surface area (Å²) in [6, 6.07) is 10.3. The number of nitrogens with one attached hydrogen (secondary N) is 1. The van der Waals surface area contributed by atoms with E-state index in [-0.39, 0.29) is 30.3 Å². The molecule has 148 valence electrons. The van der Waals surface area contributed by atoms with Crippen LogP contribution in [0.2, 0.25) is 0 Å². The van der Waals surface area contributed by atoms with Crippen molar-refractivity contribution in [2.75, 3.05) is 17.3 Å². The standard InChI is InChI=1S/C20H21FN2O4S/c1-13-7-8-15(11-17(13)21)22-19(24)18(9-10-28(2,26)27)23-12-14-5-3-4-6-16(14)20(23)25/h3-8,11,18H,9-10,12H2,1-2H3,(H,22,24). The average molecular weight is 404 g/mol. The quantitative estimate of drug-likeness (QED) is 0.802. The molecule has 0 bridgehead atoms. The van der Waals surface area contributed by atoms with Crippen LogP contribution in [0.4, 0.5) is 10.1 Å². The maximum absolute atomic E-state index is 13.8. The second-order valence-corrected chi connectivity index (χ2v) is 9.24. The molecule has 0 aromatic heterocycles. The Kier molecular flexibility index (Phi) is 5.51. The van der Waals surface area contributed by atoms with E-state index >= 15 is 0 Å². The first-order chi connectivity index (χ1) is 13.2. The third-order valence-corrected chi connectivity index (χ3v) is 5.71. The van der Waals surface area contributed by atoms with Crippen molar-refractivity contribution in [3.05, 3.63) is 65.0 Å². The van der Waals surface area contributed by atoms with Gasteiger partial charge in [0.05, 0.1) is 5.75 Å². The van der Waals surface area contributed by atoms with Crippen LogP contribution < -0.4 is 5.32 Å². The zero-order valence-electron chi connectivity index (χ0n) is 15.6. The average Bonchev–Trinajstić information content (AvgIpc) is 2.94. The first-order valence-corrected chi connectivity index (χ1v) is 10.9. The van der Waals surface area contributed by atoms with Crippen molar-refractivity contribution in [3.63, 3.8) is 0 Å². The molecule has 0 radical (unpaired) electrons. The Morgan fingerprint density at radius 2 is 1.96 bits per heavy atom. The van der Waals surface area contributed by atoms with Crippen molar-refractivity contribution < 1.29 is 22.4 Å². The normalized spacial score (nSPS) is 14.7. The summed E-state index contributed by atoms with van der Waals surface area (Å²) in [5.74, 6) is -1.57. The number of benzene rings is 2. The van der Waals surface area contributed by atoms with Crippen LogP contribution in [0.1, 0.15) is 27.9 Å². The fraction of sp³-hybridized carbons (Fsp3) is 0.300. The number of carbonyl (C=O) groups is 2. The molecule has 0 aliphatic carbocycles. The maximum atomic E-state index is 13.8. The van der Waals surface area contributed by atoms with Crippen LogP contribution in [0.5, 0.6) is 0 Å². The molecule has 1 N–H and O–H groups in total. The highest BCUT2D eigenvalue weighted by molar-refractivity contribution is 7.90. The van der Waals surface area contributed by atoms with Crippen LogP contribution >= 0.6 is 0 Å². The van der Waals surface area contributed by atoms with E-state index in [4.69, 9.17) is 0 Å². The molecule has 0 spiro atoms. The summed E-state index contributed by atoms with van der Waals surface area (Å²) in [5.41, 5.74) is 1.98. The largest absolute Gasteiger partial charge is 0.324 e. The van der Waals surface area contributed by atoms with E-state index in [0.717, 1.165) is 11.8 Å². The van der Waals surface area contributed by atoms with Gasteiger partial charge < -0.3 is 10.2 Å². The minimum Gasteiger partial charge on any atom is -0.324 e. The fourth-order valence-electron chi connectivity index (χ4n) is 3.18. The number of nitrogens with zero attached hydrogens (tertiary/aromatic N) is 1. The molecule has 1 heterocycles. The van der Waals surface area contributed by atoms with Crippen molar-refractivity contribution in [3.8, 4) is 0 Å². The van der Waals surface area contributed by atoms with Crippen molar-refractivity contribution in [2.45, 2.75) is 25.9 Å². The van der Waals surface area contributed by atoms with Crippen molar-refractivity contribution in [1.82, 2.24) is 4.90 Å². The van der Waals surface area contributed by atoms with Gasteiger partial charge in [0, 0.05) is 24.1 Å². The number of aryl methyl sites for hydroxylation is 1. The van der Waals surface area contributed by atoms with E-state index in [1.165, 1.54) is 17.0 Å². The minimum absolute atomic E-state index is 0.0429. The number of fused-ring (bicyclic) bond motifs is 1. The molecule has 1 aliphatic heterocycles. The van der Waals surface area contributed by atoms with Crippen LogP contribution in [0.15, 0.2) is 42.5 Å². The zero-order valence-corrected chi connectivity index (χ0v) is 16.4. The number of anilines is 1. The molecule has 0 fully saturated rings. The van der Waals surface area contributed by atoms with Crippen molar-refractivity contribution in [1.29, 1.82) is 0 Å². The molecule has 28 heavy (non-hydrogen) atoms. The summed E-state index contributed by atoms with van der Waals surface area (Å²) in [7, 11) is -3.33. The fourth-order valence-corrected chi connectivity index (χ4v) is 3.83. The van der Waals surface area contributed by atoms with Gasteiger partial charge in [-0.2, -0.15) is 0 Å². The van der Waals surface area contributed by atoms with Gasteiger partial charge >= 0.3 is 0 Å². The Labute approximate surface area is 163 Å². The smallest absolute Gasteiger partial charge is 0.255 e. The summed E-state index contributed by atoms with van der Waals surface area (Å²) < 4.78 is 37.0. The van der Waals surface area contributed by atoms with E-state index in [0.29, 0.717) is 11.1 Å². The SMILES string of the molecule is Cc1ccc(NC(=O)C(CCS(C)(=O)=O)N2Cc3ccccc3C2=O)cc1F. The van der Waals surface area contributed by atoms with Gasteiger partial charge in [-0.15, -0.1) is 0 Å². The van der Waals surface area contributed by atoms with Gasteiger partial charge in [0.15, 0.2) is 0 Å². The molecule has 2 aromatic rings. The van der Waals surface area contributed by atoms with E-state index in [9.17, 15) is 22.4 Å². The highest BCUT2D eigenvalue weighted by Crippen LogP contribution is 2.26. The van der Waals surface area contributed by atoms with Gasteiger partial charge in [-0.3, -0.25) is 9.59 Å². The van der Waals surface area contributed by atoms with E-state index in [1.807, 2.05) is 0 Å². The van der Waals surface area contributed by atoms with E-state index in [1.54, 1.807) is 37.3 Å². The lowest BCUT2D eigenvalue weighted by Crippen LogP contribution is -2.45. The lowest BCUT2D eigenvalue weighted by molar-refractivity contribution is -0.120. The molecular formula is C20H21FN2O4S. The van der Waals surface area contributed by atoms with Gasteiger partial charge in [-0.1, -0.05) is 24.3 Å². The highest BCUT2D eigenvalue weighted by Gasteiger charge is 2.36. The molecule has 1 aliphatic rings.